The molecule has 2 aromatic carbocycles. The van der Waals surface area contributed by atoms with Crippen LogP contribution in [0.5, 0.6) is 11.5 Å². The maximum absolute atomic E-state index is 13.6. The Morgan fingerprint density at radius 1 is 1.16 bits per heavy atom. The highest BCUT2D eigenvalue weighted by Crippen LogP contribution is 2.39. The summed E-state index contributed by atoms with van der Waals surface area (Å²) < 4.78 is 50.2. The lowest BCUT2D eigenvalue weighted by Gasteiger charge is -2.22. The zero-order valence-electron chi connectivity index (χ0n) is 19.5. The van der Waals surface area contributed by atoms with Crippen molar-refractivity contribution in [2.75, 3.05) is 25.7 Å². The Hall–Kier alpha value is -4.30. The van der Waals surface area contributed by atoms with Gasteiger partial charge in [-0.2, -0.15) is 18.4 Å². The van der Waals surface area contributed by atoms with Gasteiger partial charge in [-0.1, -0.05) is 23.7 Å². The predicted molar refractivity (Wildman–Crippen MR) is 128 cm³/mol. The van der Waals surface area contributed by atoms with Gasteiger partial charge in [-0.25, -0.2) is 0 Å². The third-order valence-electron chi connectivity index (χ3n) is 5.23. The first-order chi connectivity index (χ1) is 17.5. The van der Waals surface area contributed by atoms with Gasteiger partial charge < -0.3 is 19.5 Å². The molecule has 0 aliphatic carbocycles. The molecule has 3 aromatic rings. The van der Waals surface area contributed by atoms with Gasteiger partial charge in [-0.15, -0.1) is 0 Å². The van der Waals surface area contributed by atoms with E-state index < -0.39 is 23.7 Å². The van der Waals surface area contributed by atoms with Crippen molar-refractivity contribution in [2.24, 2.45) is 0 Å². The van der Waals surface area contributed by atoms with E-state index in [2.05, 4.69) is 4.98 Å². The molecule has 0 saturated heterocycles. The summed E-state index contributed by atoms with van der Waals surface area (Å²) in [5.41, 5.74) is -1.28. The number of carbonyl (C=O) groups is 2. The molecule has 0 bridgehead atoms. The van der Waals surface area contributed by atoms with Crippen LogP contribution in [-0.4, -0.2) is 42.7 Å². The number of aromatic nitrogens is 1. The molecule has 0 saturated carbocycles. The number of amides is 1. The Morgan fingerprint density at radius 2 is 1.86 bits per heavy atom. The fourth-order valence-corrected chi connectivity index (χ4v) is 3.67. The van der Waals surface area contributed by atoms with Crippen molar-refractivity contribution in [3.05, 3.63) is 70.5 Å². The SMILES string of the molecule is COc1ccccc1N(C)C(=O)c1cc(-c2cnc(C(F)(F)F)cc2C#N)c(Cl)cc1OCCC(=O)O. The average molecular weight is 534 g/mol. The lowest BCUT2D eigenvalue weighted by molar-refractivity contribution is -0.141. The summed E-state index contributed by atoms with van der Waals surface area (Å²) in [6, 6.07) is 11.5. The fourth-order valence-electron chi connectivity index (χ4n) is 3.41. The molecule has 3 rings (SSSR count). The zero-order chi connectivity index (χ0) is 27.3. The Balaban J connectivity index is 2.16. The number of rotatable bonds is 8. The molecule has 12 heteroatoms. The van der Waals surface area contributed by atoms with Crippen LogP contribution < -0.4 is 14.4 Å². The van der Waals surface area contributed by atoms with Crippen molar-refractivity contribution in [2.45, 2.75) is 12.6 Å². The van der Waals surface area contributed by atoms with Gasteiger partial charge in [0.25, 0.3) is 5.91 Å². The summed E-state index contributed by atoms with van der Waals surface area (Å²) in [7, 11) is 2.90. The van der Waals surface area contributed by atoms with Crippen LogP contribution in [0.15, 0.2) is 48.7 Å². The summed E-state index contributed by atoms with van der Waals surface area (Å²) in [6.45, 7) is -0.283. The highest BCUT2D eigenvalue weighted by Gasteiger charge is 2.33. The molecule has 1 amide bonds. The van der Waals surface area contributed by atoms with Crippen LogP contribution in [0.2, 0.25) is 5.02 Å². The number of hydrogen-bond donors (Lipinski definition) is 1. The van der Waals surface area contributed by atoms with Crippen molar-refractivity contribution in [1.82, 2.24) is 4.98 Å². The molecule has 0 aliphatic rings. The number of hydrogen-bond acceptors (Lipinski definition) is 6. The minimum absolute atomic E-state index is 0.0356. The number of aliphatic carboxylic acids is 1. The van der Waals surface area contributed by atoms with Crippen molar-refractivity contribution >= 4 is 29.2 Å². The second-order valence-electron chi connectivity index (χ2n) is 7.58. The molecule has 192 valence electrons. The Bertz CT molecular complexity index is 1390. The molecular formula is C25H19ClF3N3O5. The van der Waals surface area contributed by atoms with Crippen molar-refractivity contribution in [3.63, 3.8) is 0 Å². The maximum Gasteiger partial charge on any atom is 0.433 e. The van der Waals surface area contributed by atoms with E-state index >= 15 is 0 Å². The minimum atomic E-state index is -4.77. The highest BCUT2D eigenvalue weighted by atomic mass is 35.5. The number of nitriles is 1. The molecule has 0 fully saturated rings. The molecule has 1 aromatic heterocycles. The molecule has 8 nitrogen and oxygen atoms in total. The largest absolute Gasteiger partial charge is 0.495 e. The molecular weight excluding hydrogens is 515 g/mol. The van der Waals surface area contributed by atoms with Crippen molar-refractivity contribution in [3.8, 4) is 28.7 Å². The monoisotopic (exact) mass is 533 g/mol. The maximum atomic E-state index is 13.6. The van der Waals surface area contributed by atoms with E-state index in [9.17, 15) is 28.0 Å². The van der Waals surface area contributed by atoms with Crippen LogP contribution in [0.4, 0.5) is 18.9 Å². The molecule has 0 spiro atoms. The number of alkyl halides is 3. The first-order valence-corrected chi connectivity index (χ1v) is 10.9. The van der Waals surface area contributed by atoms with Gasteiger partial charge in [-0.05, 0) is 24.3 Å². The smallest absolute Gasteiger partial charge is 0.433 e. The first-order valence-electron chi connectivity index (χ1n) is 10.5. The number of nitrogens with zero attached hydrogens (tertiary/aromatic N) is 3. The summed E-state index contributed by atoms with van der Waals surface area (Å²) in [4.78, 5) is 29.2. The highest BCUT2D eigenvalue weighted by molar-refractivity contribution is 6.34. The quantitative estimate of drug-likeness (QED) is 0.410. The topological polar surface area (TPSA) is 113 Å². The summed E-state index contributed by atoms with van der Waals surface area (Å²) in [5.74, 6) is -1.41. The normalized spacial score (nSPS) is 10.9. The van der Waals surface area contributed by atoms with E-state index in [0.29, 0.717) is 17.5 Å². The lowest BCUT2D eigenvalue weighted by atomic mass is 9.98. The van der Waals surface area contributed by atoms with Crippen molar-refractivity contribution < 1.29 is 37.3 Å². The molecule has 1 N–H and O–H groups in total. The van der Waals surface area contributed by atoms with E-state index in [1.807, 2.05) is 0 Å². The number of carbonyl (C=O) groups excluding carboxylic acids is 1. The standard InChI is InChI=1S/C25H19ClF3N3O5/c1-32(19-5-3-4-6-20(19)36-2)24(35)16-10-15(18(26)11-21(16)37-8-7-23(33)34)17-13-31-22(25(27,28)29)9-14(17)12-30/h3-6,9-11,13H,7-8H2,1-2H3,(H,33,34). The summed E-state index contributed by atoms with van der Waals surface area (Å²) in [5, 5.41) is 18.4. The number of carboxylic acids is 1. The van der Waals surface area contributed by atoms with Gasteiger partial charge in [0.15, 0.2) is 0 Å². The van der Waals surface area contributed by atoms with Crippen LogP contribution in [0.3, 0.4) is 0 Å². The number of para-hydroxylation sites is 2. The number of pyridine rings is 1. The number of methoxy groups -OCH3 is 1. The van der Waals surface area contributed by atoms with Crippen LogP contribution in [0.25, 0.3) is 11.1 Å². The van der Waals surface area contributed by atoms with E-state index in [1.165, 1.54) is 31.2 Å². The number of ether oxygens (including phenoxy) is 2. The van der Waals surface area contributed by atoms with Crippen LogP contribution >= 0.6 is 11.6 Å². The average Bonchev–Trinajstić information content (AvgIpc) is 2.86. The van der Waals surface area contributed by atoms with Crippen LogP contribution in [-0.2, 0) is 11.0 Å². The first kappa shape index (κ1) is 27.3. The lowest BCUT2D eigenvalue weighted by Crippen LogP contribution is -2.27. The minimum Gasteiger partial charge on any atom is -0.495 e. The van der Waals surface area contributed by atoms with Gasteiger partial charge in [0, 0.05) is 30.4 Å². The number of benzene rings is 2. The van der Waals surface area contributed by atoms with Gasteiger partial charge >= 0.3 is 12.1 Å². The Kier molecular flexibility index (Phi) is 8.24. The van der Waals surface area contributed by atoms with E-state index in [1.54, 1.807) is 30.3 Å². The molecule has 37 heavy (non-hydrogen) atoms. The Labute approximate surface area is 214 Å². The van der Waals surface area contributed by atoms with Crippen LogP contribution in [0.1, 0.15) is 28.0 Å². The molecule has 1 heterocycles. The zero-order valence-corrected chi connectivity index (χ0v) is 20.2. The molecule has 0 aliphatic heterocycles. The van der Waals surface area contributed by atoms with E-state index in [-0.39, 0.29) is 46.1 Å². The van der Waals surface area contributed by atoms with Gasteiger partial charge in [0.05, 0.1) is 48.0 Å². The van der Waals surface area contributed by atoms with E-state index in [4.69, 9.17) is 26.2 Å². The third kappa shape index (κ3) is 6.10. The number of carboxylic acid groups (broad SMARTS) is 1. The predicted octanol–water partition coefficient (Wildman–Crippen LogP) is 5.43. The van der Waals surface area contributed by atoms with Gasteiger partial charge in [-0.3, -0.25) is 14.6 Å². The fraction of sp³-hybridized carbons (Fsp3) is 0.200. The molecule has 0 atom stereocenters. The number of halogens is 4. The van der Waals surface area contributed by atoms with Crippen molar-refractivity contribution in [1.29, 1.82) is 5.26 Å². The second kappa shape index (κ2) is 11.2. The van der Waals surface area contributed by atoms with Gasteiger partial charge in [0.1, 0.15) is 17.2 Å². The summed E-state index contributed by atoms with van der Waals surface area (Å²) in [6.07, 6.45) is -4.28. The summed E-state index contributed by atoms with van der Waals surface area (Å²) >= 11 is 6.38. The second-order valence-corrected chi connectivity index (χ2v) is 7.99. The molecule has 0 unspecified atom stereocenters. The third-order valence-corrected chi connectivity index (χ3v) is 5.54. The Morgan fingerprint density at radius 3 is 2.49 bits per heavy atom. The number of anilines is 1. The van der Waals surface area contributed by atoms with E-state index in [0.717, 1.165) is 6.20 Å². The van der Waals surface area contributed by atoms with Gasteiger partial charge in [0.2, 0.25) is 0 Å². The van der Waals surface area contributed by atoms with Crippen LogP contribution in [0, 0.1) is 11.3 Å². The molecule has 0 radical (unpaired) electrons.